The third kappa shape index (κ3) is 3.95. The summed E-state index contributed by atoms with van der Waals surface area (Å²) < 4.78 is 36.6. The zero-order valence-electron chi connectivity index (χ0n) is 8.12. The minimum Gasteiger partial charge on any atom is -0.476 e. The summed E-state index contributed by atoms with van der Waals surface area (Å²) in [4.78, 5) is 10.3. The molecule has 8 heteroatoms. The molecular weight excluding hydrogens is 261 g/mol. The van der Waals surface area contributed by atoms with Crippen molar-refractivity contribution in [1.29, 1.82) is 0 Å². The lowest BCUT2D eigenvalue weighted by molar-refractivity contribution is -0.137. The van der Waals surface area contributed by atoms with Crippen molar-refractivity contribution in [1.82, 2.24) is 0 Å². The molecule has 0 aliphatic heterocycles. The number of anilines is 1. The Labute approximate surface area is 98.7 Å². The zero-order chi connectivity index (χ0) is 13.1. The highest BCUT2D eigenvalue weighted by Gasteiger charge is 2.29. The van der Waals surface area contributed by atoms with Crippen molar-refractivity contribution in [2.24, 2.45) is 5.10 Å². The molecular formula is C9H6ClF3N2O2. The highest BCUT2D eigenvalue weighted by Crippen LogP contribution is 2.29. The fourth-order valence-electron chi connectivity index (χ4n) is 0.895. The smallest absolute Gasteiger partial charge is 0.416 e. The number of rotatable bonds is 3. The summed E-state index contributed by atoms with van der Waals surface area (Å²) in [6.45, 7) is 0. The van der Waals surface area contributed by atoms with Crippen LogP contribution in [0.1, 0.15) is 5.56 Å². The fraction of sp³-hybridized carbons (Fsp3) is 0.111. The van der Waals surface area contributed by atoms with Crippen molar-refractivity contribution in [2.45, 2.75) is 6.18 Å². The van der Waals surface area contributed by atoms with E-state index in [1.165, 1.54) is 0 Å². The highest BCUT2D eigenvalue weighted by molar-refractivity contribution is 6.81. The van der Waals surface area contributed by atoms with Gasteiger partial charge in [-0.05, 0) is 24.3 Å². The number of carbonyl (C=O) groups is 1. The standard InChI is InChI=1S/C9H6ClF3N2O2/c10-7(8(16)17)15-14-6-3-1-5(2-4-6)9(11,12)13/h1-4,14H,(H,16,17)/b15-7+. The van der Waals surface area contributed by atoms with Crippen LogP contribution in [0.15, 0.2) is 29.4 Å². The van der Waals surface area contributed by atoms with Gasteiger partial charge in [0.05, 0.1) is 11.3 Å². The van der Waals surface area contributed by atoms with Crippen LogP contribution in [0.2, 0.25) is 0 Å². The Bertz CT molecular complexity index is 443. The maximum atomic E-state index is 12.2. The molecule has 0 aliphatic carbocycles. The lowest BCUT2D eigenvalue weighted by atomic mass is 10.2. The minimum absolute atomic E-state index is 0.192. The molecule has 0 fully saturated rings. The molecule has 17 heavy (non-hydrogen) atoms. The Balaban J connectivity index is 2.76. The molecule has 1 aromatic rings. The lowest BCUT2D eigenvalue weighted by Crippen LogP contribution is -2.08. The summed E-state index contributed by atoms with van der Waals surface area (Å²) in [5.74, 6) is -1.44. The van der Waals surface area contributed by atoms with E-state index in [1.54, 1.807) is 0 Å². The van der Waals surface area contributed by atoms with Crippen LogP contribution in [0.5, 0.6) is 0 Å². The van der Waals surface area contributed by atoms with E-state index < -0.39 is 22.9 Å². The Morgan fingerprint density at radius 2 is 1.82 bits per heavy atom. The molecule has 1 rings (SSSR count). The monoisotopic (exact) mass is 266 g/mol. The number of benzene rings is 1. The Morgan fingerprint density at radius 3 is 2.24 bits per heavy atom. The molecule has 0 saturated heterocycles. The molecule has 4 nitrogen and oxygen atoms in total. The van der Waals surface area contributed by atoms with Gasteiger partial charge in [-0.2, -0.15) is 18.3 Å². The number of hydrogen-bond acceptors (Lipinski definition) is 3. The number of hydrazone groups is 1. The quantitative estimate of drug-likeness (QED) is 0.653. The van der Waals surface area contributed by atoms with E-state index in [4.69, 9.17) is 16.7 Å². The Kier molecular flexibility index (Phi) is 3.95. The SMILES string of the molecule is O=C(O)/C(Cl)=N\Nc1ccc(C(F)(F)F)cc1. The van der Waals surface area contributed by atoms with Crippen molar-refractivity contribution in [3.8, 4) is 0 Å². The van der Waals surface area contributed by atoms with Crippen LogP contribution in [0.25, 0.3) is 0 Å². The molecule has 1 aromatic carbocycles. The summed E-state index contributed by atoms with van der Waals surface area (Å²) in [6.07, 6.45) is -4.42. The molecule has 0 amide bonds. The molecule has 92 valence electrons. The lowest BCUT2D eigenvalue weighted by Gasteiger charge is -2.07. The summed E-state index contributed by atoms with van der Waals surface area (Å²) in [5, 5.41) is 10.9. The van der Waals surface area contributed by atoms with Crippen LogP contribution in [0.3, 0.4) is 0 Å². The molecule has 0 spiro atoms. The Morgan fingerprint density at radius 1 is 1.29 bits per heavy atom. The van der Waals surface area contributed by atoms with E-state index >= 15 is 0 Å². The van der Waals surface area contributed by atoms with E-state index in [0.29, 0.717) is 0 Å². The maximum absolute atomic E-state index is 12.2. The van der Waals surface area contributed by atoms with Gasteiger partial charge in [-0.15, -0.1) is 0 Å². The first kappa shape index (κ1) is 13.3. The number of carboxylic acids is 1. The fourth-order valence-corrected chi connectivity index (χ4v) is 0.937. The molecule has 2 N–H and O–H groups in total. The zero-order valence-corrected chi connectivity index (χ0v) is 8.88. The second kappa shape index (κ2) is 5.05. The van der Waals surface area contributed by atoms with Crippen LogP contribution in [-0.2, 0) is 11.0 Å². The predicted molar refractivity (Wildman–Crippen MR) is 56.0 cm³/mol. The first-order valence-corrected chi connectivity index (χ1v) is 4.58. The van der Waals surface area contributed by atoms with E-state index in [9.17, 15) is 18.0 Å². The van der Waals surface area contributed by atoms with Gasteiger partial charge in [0.15, 0.2) is 0 Å². The number of nitrogens with one attached hydrogen (secondary N) is 1. The van der Waals surface area contributed by atoms with Crippen LogP contribution < -0.4 is 5.43 Å². The van der Waals surface area contributed by atoms with Gasteiger partial charge in [0.1, 0.15) is 0 Å². The van der Waals surface area contributed by atoms with Crippen LogP contribution >= 0.6 is 11.6 Å². The van der Waals surface area contributed by atoms with Crippen LogP contribution in [0.4, 0.5) is 18.9 Å². The van der Waals surface area contributed by atoms with Crippen LogP contribution in [0, 0.1) is 0 Å². The molecule has 0 radical (unpaired) electrons. The molecule has 0 bridgehead atoms. The van der Waals surface area contributed by atoms with Crippen molar-refractivity contribution in [3.05, 3.63) is 29.8 Å². The van der Waals surface area contributed by atoms with Crippen molar-refractivity contribution in [3.63, 3.8) is 0 Å². The molecule has 0 aliphatic rings. The van der Waals surface area contributed by atoms with E-state index in [0.717, 1.165) is 24.3 Å². The number of halogens is 4. The minimum atomic E-state index is -4.42. The van der Waals surface area contributed by atoms with E-state index in [2.05, 4.69) is 10.5 Å². The second-order valence-corrected chi connectivity index (χ2v) is 3.25. The van der Waals surface area contributed by atoms with Crippen molar-refractivity contribution >= 4 is 28.4 Å². The van der Waals surface area contributed by atoms with Gasteiger partial charge >= 0.3 is 12.1 Å². The van der Waals surface area contributed by atoms with Gasteiger partial charge in [0.25, 0.3) is 0 Å². The second-order valence-electron chi connectivity index (χ2n) is 2.89. The van der Waals surface area contributed by atoms with Gasteiger partial charge in [0, 0.05) is 0 Å². The number of carboxylic acid groups (broad SMARTS) is 1. The summed E-state index contributed by atoms with van der Waals surface area (Å²) >= 11 is 5.18. The average Bonchev–Trinajstić information content (AvgIpc) is 2.25. The van der Waals surface area contributed by atoms with Gasteiger partial charge in [-0.1, -0.05) is 11.6 Å². The third-order valence-corrected chi connectivity index (χ3v) is 1.92. The topological polar surface area (TPSA) is 61.7 Å². The maximum Gasteiger partial charge on any atom is 0.416 e. The van der Waals surface area contributed by atoms with Gasteiger partial charge in [0.2, 0.25) is 5.17 Å². The third-order valence-electron chi connectivity index (χ3n) is 1.67. The van der Waals surface area contributed by atoms with Crippen molar-refractivity contribution in [2.75, 3.05) is 5.43 Å². The summed E-state index contributed by atoms with van der Waals surface area (Å²) in [6, 6.07) is 3.90. The van der Waals surface area contributed by atoms with Gasteiger partial charge in [-0.25, -0.2) is 4.79 Å². The highest BCUT2D eigenvalue weighted by atomic mass is 35.5. The first-order chi connectivity index (χ1) is 7.80. The molecule has 0 saturated carbocycles. The first-order valence-electron chi connectivity index (χ1n) is 4.20. The van der Waals surface area contributed by atoms with Gasteiger partial charge < -0.3 is 5.11 Å². The molecule has 0 atom stereocenters. The molecule has 0 aromatic heterocycles. The predicted octanol–water partition coefficient (Wildman–Crippen LogP) is 2.75. The largest absolute Gasteiger partial charge is 0.476 e. The molecule has 0 heterocycles. The number of nitrogens with zero attached hydrogens (tertiary/aromatic N) is 1. The summed E-state index contributed by atoms with van der Waals surface area (Å²) in [7, 11) is 0. The molecule has 0 unspecified atom stereocenters. The Hall–Kier alpha value is -1.76. The number of aliphatic carboxylic acids is 1. The van der Waals surface area contributed by atoms with E-state index in [1.807, 2.05) is 0 Å². The average molecular weight is 267 g/mol. The van der Waals surface area contributed by atoms with E-state index in [-0.39, 0.29) is 5.69 Å². The van der Waals surface area contributed by atoms with Crippen LogP contribution in [-0.4, -0.2) is 16.2 Å². The normalized spacial score (nSPS) is 12.4. The number of hydrogen-bond donors (Lipinski definition) is 2. The summed E-state index contributed by atoms with van der Waals surface area (Å²) in [5.41, 5.74) is 1.60. The van der Waals surface area contributed by atoms with Gasteiger partial charge in [-0.3, -0.25) is 5.43 Å². The number of alkyl halides is 3. The van der Waals surface area contributed by atoms with Crippen molar-refractivity contribution < 1.29 is 23.1 Å².